The van der Waals surface area contributed by atoms with E-state index in [1.54, 1.807) is 17.4 Å². The summed E-state index contributed by atoms with van der Waals surface area (Å²) in [6.45, 7) is 3.02. The van der Waals surface area contributed by atoms with Crippen molar-refractivity contribution in [2.45, 2.75) is 20.0 Å². The second-order valence-electron chi connectivity index (χ2n) is 3.88. The van der Waals surface area contributed by atoms with Gasteiger partial charge in [0.25, 0.3) is 0 Å². The van der Waals surface area contributed by atoms with Crippen molar-refractivity contribution in [2.24, 2.45) is 0 Å². The molecule has 1 heterocycles. The van der Waals surface area contributed by atoms with Crippen molar-refractivity contribution in [2.75, 3.05) is 6.61 Å². The van der Waals surface area contributed by atoms with Crippen LogP contribution in [0.1, 0.15) is 16.1 Å². The Bertz CT molecular complexity index is 529. The van der Waals surface area contributed by atoms with E-state index < -0.39 is 0 Å². The normalized spacial score (nSPS) is 10.8. The van der Waals surface area contributed by atoms with Gasteiger partial charge in [-0.05, 0) is 34.5 Å². The van der Waals surface area contributed by atoms with E-state index in [1.165, 1.54) is 10.9 Å². The number of hydrogen-bond acceptors (Lipinski definition) is 3. The summed E-state index contributed by atoms with van der Waals surface area (Å²) in [4.78, 5) is 5.43. The molecule has 2 aromatic rings. The van der Waals surface area contributed by atoms with Crippen molar-refractivity contribution in [3.05, 3.63) is 50.1 Å². The average molecular weight is 330 g/mol. The number of hydrogen-bond donors (Lipinski definition) is 0. The third-order valence-corrected chi connectivity index (χ3v) is 4.49. The number of aryl methyl sites for hydroxylation is 1. The summed E-state index contributed by atoms with van der Waals surface area (Å²) >= 11 is 4.86. The van der Waals surface area contributed by atoms with E-state index in [2.05, 4.69) is 20.9 Å². The molecule has 18 heavy (non-hydrogen) atoms. The first-order valence-corrected chi connectivity index (χ1v) is 7.25. The molecular formula is C13H13BrFNOS. The first kappa shape index (κ1) is 13.6. The van der Waals surface area contributed by atoms with Crippen molar-refractivity contribution in [3.8, 4) is 0 Å². The zero-order valence-electron chi connectivity index (χ0n) is 9.95. The number of ether oxygens (including phenoxy) is 1. The molecule has 0 aliphatic rings. The Kier molecular flexibility index (Phi) is 4.86. The minimum absolute atomic E-state index is 0.255. The minimum Gasteiger partial charge on any atom is -0.376 e. The Morgan fingerprint density at radius 3 is 3.00 bits per heavy atom. The molecular weight excluding hydrogens is 317 g/mol. The molecule has 2 nitrogen and oxygen atoms in total. The highest BCUT2D eigenvalue weighted by Crippen LogP contribution is 2.21. The van der Waals surface area contributed by atoms with Crippen LogP contribution in [0, 0.1) is 12.7 Å². The second kappa shape index (κ2) is 6.41. The number of aromatic nitrogens is 1. The zero-order valence-corrected chi connectivity index (χ0v) is 12.4. The Morgan fingerprint density at radius 2 is 2.28 bits per heavy atom. The van der Waals surface area contributed by atoms with Crippen LogP contribution in [0.25, 0.3) is 0 Å². The summed E-state index contributed by atoms with van der Waals surface area (Å²) in [6, 6.07) is 4.96. The highest BCUT2D eigenvalue weighted by atomic mass is 79.9. The maximum absolute atomic E-state index is 13.3. The first-order chi connectivity index (χ1) is 8.68. The predicted molar refractivity (Wildman–Crippen MR) is 74.3 cm³/mol. The molecule has 2 rings (SSSR count). The molecule has 0 aliphatic heterocycles. The molecule has 0 saturated carbocycles. The lowest BCUT2D eigenvalue weighted by atomic mass is 10.2. The third-order valence-electron chi connectivity index (χ3n) is 2.61. The van der Waals surface area contributed by atoms with Crippen LogP contribution >= 0.6 is 27.3 Å². The standard InChI is InChI=1S/C13H13BrFNOS/c1-9-12(18-8-16-9)5-6-17-7-10-3-2-4-11(15)13(10)14/h2-4,8H,5-7H2,1H3. The average Bonchev–Trinajstić information content (AvgIpc) is 2.76. The zero-order chi connectivity index (χ0) is 13.0. The van der Waals surface area contributed by atoms with Crippen molar-refractivity contribution in [1.82, 2.24) is 4.98 Å². The first-order valence-electron chi connectivity index (χ1n) is 5.58. The van der Waals surface area contributed by atoms with Gasteiger partial charge >= 0.3 is 0 Å². The third kappa shape index (κ3) is 3.37. The van der Waals surface area contributed by atoms with Crippen molar-refractivity contribution >= 4 is 27.3 Å². The fourth-order valence-corrected chi connectivity index (χ4v) is 2.71. The molecule has 0 atom stereocenters. The summed E-state index contributed by atoms with van der Waals surface area (Å²) in [7, 11) is 0. The number of nitrogens with zero attached hydrogens (tertiary/aromatic N) is 1. The lowest BCUT2D eigenvalue weighted by molar-refractivity contribution is 0.123. The van der Waals surface area contributed by atoms with Crippen molar-refractivity contribution in [1.29, 1.82) is 0 Å². The van der Waals surface area contributed by atoms with E-state index in [9.17, 15) is 4.39 Å². The van der Waals surface area contributed by atoms with Crippen LogP contribution in [-0.4, -0.2) is 11.6 Å². The van der Waals surface area contributed by atoms with Crippen LogP contribution in [0.5, 0.6) is 0 Å². The van der Waals surface area contributed by atoms with Gasteiger partial charge in [0.2, 0.25) is 0 Å². The highest BCUT2D eigenvalue weighted by molar-refractivity contribution is 9.10. The van der Waals surface area contributed by atoms with Gasteiger partial charge in [0.15, 0.2) is 0 Å². The van der Waals surface area contributed by atoms with Gasteiger partial charge in [-0.25, -0.2) is 9.37 Å². The van der Waals surface area contributed by atoms with Crippen LogP contribution in [0.4, 0.5) is 4.39 Å². The predicted octanol–water partition coefficient (Wildman–Crippen LogP) is 4.11. The van der Waals surface area contributed by atoms with Gasteiger partial charge in [-0.2, -0.15) is 0 Å². The Labute approximate surface area is 118 Å². The molecule has 0 aliphatic carbocycles. The van der Waals surface area contributed by atoms with E-state index in [0.29, 0.717) is 17.7 Å². The molecule has 0 spiro atoms. The van der Waals surface area contributed by atoms with E-state index in [4.69, 9.17) is 4.74 Å². The number of rotatable bonds is 5. The lowest BCUT2D eigenvalue weighted by Crippen LogP contribution is -2.00. The molecule has 0 amide bonds. The number of halogens is 2. The van der Waals surface area contributed by atoms with Gasteiger partial charge in [0, 0.05) is 11.3 Å². The largest absolute Gasteiger partial charge is 0.376 e. The maximum atomic E-state index is 13.3. The summed E-state index contributed by atoms with van der Waals surface area (Å²) in [5, 5.41) is 0. The van der Waals surface area contributed by atoms with Crippen LogP contribution in [0.2, 0.25) is 0 Å². The summed E-state index contributed by atoms with van der Waals surface area (Å²) in [6.07, 6.45) is 0.851. The second-order valence-corrected chi connectivity index (χ2v) is 5.61. The molecule has 1 aromatic heterocycles. The molecule has 0 unspecified atom stereocenters. The quantitative estimate of drug-likeness (QED) is 0.770. The van der Waals surface area contributed by atoms with Gasteiger partial charge in [-0.15, -0.1) is 11.3 Å². The Morgan fingerprint density at radius 1 is 1.44 bits per heavy atom. The van der Waals surface area contributed by atoms with Crippen molar-refractivity contribution in [3.63, 3.8) is 0 Å². The Hall–Kier alpha value is -0.780. The fourth-order valence-electron chi connectivity index (χ4n) is 1.57. The van der Waals surface area contributed by atoms with E-state index in [-0.39, 0.29) is 5.82 Å². The highest BCUT2D eigenvalue weighted by Gasteiger charge is 2.05. The SMILES string of the molecule is Cc1ncsc1CCOCc1cccc(F)c1Br. The molecule has 0 N–H and O–H groups in total. The molecule has 96 valence electrons. The van der Waals surface area contributed by atoms with Gasteiger partial charge in [-0.1, -0.05) is 12.1 Å². The number of benzene rings is 1. The van der Waals surface area contributed by atoms with E-state index >= 15 is 0 Å². The van der Waals surface area contributed by atoms with Crippen LogP contribution < -0.4 is 0 Å². The van der Waals surface area contributed by atoms with Gasteiger partial charge in [-0.3, -0.25) is 0 Å². The molecule has 0 fully saturated rings. The fraction of sp³-hybridized carbons (Fsp3) is 0.308. The van der Waals surface area contributed by atoms with Gasteiger partial charge < -0.3 is 4.74 Å². The topological polar surface area (TPSA) is 22.1 Å². The van der Waals surface area contributed by atoms with Gasteiger partial charge in [0.05, 0.1) is 28.9 Å². The smallest absolute Gasteiger partial charge is 0.137 e. The van der Waals surface area contributed by atoms with E-state index in [0.717, 1.165) is 17.7 Å². The van der Waals surface area contributed by atoms with Crippen molar-refractivity contribution < 1.29 is 9.13 Å². The summed E-state index contributed by atoms with van der Waals surface area (Å²) in [5.74, 6) is -0.255. The maximum Gasteiger partial charge on any atom is 0.137 e. The van der Waals surface area contributed by atoms with Crippen LogP contribution in [0.15, 0.2) is 28.2 Å². The van der Waals surface area contributed by atoms with Crippen LogP contribution in [-0.2, 0) is 17.8 Å². The molecule has 1 aromatic carbocycles. The molecule has 0 radical (unpaired) electrons. The molecule has 5 heteroatoms. The Balaban J connectivity index is 1.82. The number of thiazole rings is 1. The lowest BCUT2D eigenvalue weighted by Gasteiger charge is -2.06. The summed E-state index contributed by atoms with van der Waals surface area (Å²) in [5.41, 5.74) is 3.74. The molecule has 0 saturated heterocycles. The monoisotopic (exact) mass is 329 g/mol. The summed E-state index contributed by atoms with van der Waals surface area (Å²) < 4.78 is 19.3. The van der Waals surface area contributed by atoms with E-state index in [1.807, 2.05) is 18.5 Å². The van der Waals surface area contributed by atoms with Crippen LogP contribution in [0.3, 0.4) is 0 Å². The van der Waals surface area contributed by atoms with Gasteiger partial charge in [0.1, 0.15) is 5.82 Å². The molecule has 0 bridgehead atoms. The minimum atomic E-state index is -0.255.